The molecule has 140 valence electrons. The molecule has 2 aromatic rings. The second-order valence-corrected chi connectivity index (χ2v) is 10.8. The topological polar surface area (TPSA) is 76.1 Å². The summed E-state index contributed by atoms with van der Waals surface area (Å²) in [6.45, 7) is 1.43. The highest BCUT2D eigenvalue weighted by Gasteiger charge is 2.29. The van der Waals surface area contributed by atoms with Crippen LogP contribution in [0.1, 0.15) is 42.3 Å². The first kappa shape index (κ1) is 19.5. The lowest BCUT2D eigenvalue weighted by Crippen LogP contribution is -2.33. The molecule has 1 N–H and O–H groups in total. The maximum Gasteiger partial charge on any atom is 0.244 e. The fourth-order valence-electron chi connectivity index (χ4n) is 2.94. The van der Waals surface area contributed by atoms with Gasteiger partial charge in [-0.3, -0.25) is 4.79 Å². The van der Waals surface area contributed by atoms with Gasteiger partial charge >= 0.3 is 0 Å². The smallest absolute Gasteiger partial charge is 0.244 e. The summed E-state index contributed by atoms with van der Waals surface area (Å²) in [6, 6.07) is 7.10. The zero-order chi connectivity index (χ0) is 18.7. The Labute approximate surface area is 166 Å². The van der Waals surface area contributed by atoms with E-state index in [1.54, 1.807) is 18.2 Å². The van der Waals surface area contributed by atoms with Gasteiger partial charge in [0.2, 0.25) is 5.91 Å². The number of hydrogen-bond donors (Lipinski definition) is 1. The van der Waals surface area contributed by atoms with Crippen LogP contribution >= 0.6 is 27.3 Å². The number of aromatic nitrogens is 1. The van der Waals surface area contributed by atoms with Crippen LogP contribution in [0.15, 0.2) is 28.7 Å². The molecule has 1 amide bonds. The van der Waals surface area contributed by atoms with Gasteiger partial charge in [0.25, 0.3) is 0 Å². The van der Waals surface area contributed by atoms with Crippen molar-refractivity contribution in [2.24, 2.45) is 0 Å². The Balaban J connectivity index is 1.69. The highest BCUT2D eigenvalue weighted by Crippen LogP contribution is 2.29. The van der Waals surface area contributed by atoms with Crippen LogP contribution in [-0.2, 0) is 33.2 Å². The molecule has 0 unspecified atom stereocenters. The van der Waals surface area contributed by atoms with Gasteiger partial charge in [-0.05, 0) is 50.3 Å². The van der Waals surface area contributed by atoms with Gasteiger partial charge < -0.3 is 5.32 Å². The summed E-state index contributed by atoms with van der Waals surface area (Å²) in [5.41, 5.74) is 1.70. The van der Waals surface area contributed by atoms with Gasteiger partial charge in [-0.25, -0.2) is 13.4 Å². The Kier molecular flexibility index (Phi) is 6.14. The lowest BCUT2D eigenvalue weighted by atomic mass is 10.2. The number of halogens is 1. The largest absolute Gasteiger partial charge is 0.301 e. The number of nitrogens with zero attached hydrogens (tertiary/aromatic N) is 1. The molecule has 5 nitrogen and oxygen atoms in total. The molecule has 0 bridgehead atoms. The average Bonchev–Trinajstić information content (AvgIpc) is 2.82. The van der Waals surface area contributed by atoms with Crippen molar-refractivity contribution in [3.63, 3.8) is 0 Å². The fourth-order valence-corrected chi connectivity index (χ4v) is 5.72. The number of thiazole rings is 1. The zero-order valence-electron chi connectivity index (χ0n) is 14.5. The Morgan fingerprint density at radius 2 is 2.08 bits per heavy atom. The maximum atomic E-state index is 12.6. The summed E-state index contributed by atoms with van der Waals surface area (Å²) in [5, 5.41) is 2.07. The lowest BCUT2D eigenvalue weighted by molar-refractivity contribution is -0.115. The normalized spacial score (nSPS) is 15.8. The molecule has 1 aromatic heterocycles. The van der Waals surface area contributed by atoms with Crippen molar-refractivity contribution in [1.29, 1.82) is 0 Å². The van der Waals surface area contributed by atoms with Crippen molar-refractivity contribution in [2.45, 2.75) is 50.0 Å². The molecule has 0 radical (unpaired) electrons. The summed E-state index contributed by atoms with van der Waals surface area (Å²) in [7, 11) is -3.61. The van der Waals surface area contributed by atoms with Gasteiger partial charge in [0.1, 0.15) is 5.25 Å². The predicted molar refractivity (Wildman–Crippen MR) is 108 cm³/mol. The van der Waals surface area contributed by atoms with E-state index in [2.05, 4.69) is 26.2 Å². The van der Waals surface area contributed by atoms with E-state index in [1.807, 2.05) is 6.07 Å². The molecule has 1 atom stereocenters. The van der Waals surface area contributed by atoms with Crippen LogP contribution in [0, 0.1) is 0 Å². The van der Waals surface area contributed by atoms with Crippen molar-refractivity contribution in [3.8, 4) is 0 Å². The number of sulfone groups is 1. The van der Waals surface area contributed by atoms with Crippen molar-refractivity contribution in [2.75, 3.05) is 5.32 Å². The van der Waals surface area contributed by atoms with E-state index >= 15 is 0 Å². The minimum atomic E-state index is -3.61. The molecule has 0 saturated heterocycles. The number of carbonyl (C=O) groups is 1. The first-order chi connectivity index (χ1) is 12.3. The standard InChI is InChI=1S/C18H21BrN2O3S2/c1-12(26(23,24)11-13-6-5-7-14(19)10-13)17(22)21-18-20-15-8-3-2-4-9-16(15)25-18/h5-7,10,12H,2-4,8-9,11H2,1H3,(H,20,21,22)/t12-/m1/s1. The van der Waals surface area contributed by atoms with Crippen molar-refractivity contribution < 1.29 is 13.2 Å². The van der Waals surface area contributed by atoms with Gasteiger partial charge in [-0.1, -0.05) is 34.5 Å². The molecule has 1 heterocycles. The van der Waals surface area contributed by atoms with E-state index in [1.165, 1.54) is 29.6 Å². The Morgan fingerprint density at radius 3 is 2.85 bits per heavy atom. The van der Waals surface area contributed by atoms with E-state index in [9.17, 15) is 13.2 Å². The predicted octanol–water partition coefficient (Wildman–Crippen LogP) is 4.12. The summed E-state index contributed by atoms with van der Waals surface area (Å²) in [6.07, 6.45) is 5.37. The third-order valence-electron chi connectivity index (χ3n) is 4.49. The number of rotatable bonds is 5. The maximum absolute atomic E-state index is 12.6. The Bertz CT molecular complexity index is 885. The van der Waals surface area contributed by atoms with Crippen LogP contribution in [-0.4, -0.2) is 24.6 Å². The molecule has 1 aliphatic carbocycles. The number of aryl methyl sites for hydroxylation is 2. The number of nitrogens with one attached hydrogen (secondary N) is 1. The van der Waals surface area contributed by atoms with Crippen LogP contribution in [0.5, 0.6) is 0 Å². The minimum absolute atomic E-state index is 0.171. The quantitative estimate of drug-likeness (QED) is 0.686. The summed E-state index contributed by atoms with van der Waals surface area (Å²) < 4.78 is 26.0. The zero-order valence-corrected chi connectivity index (χ0v) is 17.7. The van der Waals surface area contributed by atoms with Crippen LogP contribution in [0.25, 0.3) is 0 Å². The molecule has 1 aliphatic rings. The fraction of sp³-hybridized carbons (Fsp3) is 0.444. The lowest BCUT2D eigenvalue weighted by Gasteiger charge is -2.12. The van der Waals surface area contributed by atoms with Crippen LogP contribution in [0.2, 0.25) is 0 Å². The average molecular weight is 457 g/mol. The van der Waals surface area contributed by atoms with E-state index in [0.29, 0.717) is 10.7 Å². The molecule has 3 rings (SSSR count). The SMILES string of the molecule is C[C@H](C(=O)Nc1nc2c(s1)CCCCC2)S(=O)(=O)Cc1cccc(Br)c1. The summed E-state index contributed by atoms with van der Waals surface area (Å²) in [5.74, 6) is -0.695. The molecule has 0 aliphatic heterocycles. The molecule has 0 saturated carbocycles. The summed E-state index contributed by atoms with van der Waals surface area (Å²) in [4.78, 5) is 18.2. The van der Waals surface area contributed by atoms with Gasteiger partial charge in [-0.2, -0.15) is 0 Å². The Morgan fingerprint density at radius 1 is 1.31 bits per heavy atom. The minimum Gasteiger partial charge on any atom is -0.301 e. The highest BCUT2D eigenvalue weighted by molar-refractivity contribution is 9.10. The number of amides is 1. The van der Waals surface area contributed by atoms with E-state index in [0.717, 1.165) is 35.8 Å². The van der Waals surface area contributed by atoms with Crippen molar-refractivity contribution in [1.82, 2.24) is 4.98 Å². The number of carbonyl (C=O) groups excluding carboxylic acids is 1. The first-order valence-electron chi connectivity index (χ1n) is 8.60. The van der Waals surface area contributed by atoms with E-state index in [-0.39, 0.29) is 5.75 Å². The molecule has 0 spiro atoms. The monoisotopic (exact) mass is 456 g/mol. The van der Waals surface area contributed by atoms with Crippen LogP contribution in [0.3, 0.4) is 0 Å². The number of fused-ring (bicyclic) bond motifs is 1. The van der Waals surface area contributed by atoms with E-state index < -0.39 is 21.0 Å². The summed E-state index contributed by atoms with van der Waals surface area (Å²) >= 11 is 4.80. The molecule has 1 aromatic carbocycles. The Hall–Kier alpha value is -1.25. The van der Waals surface area contributed by atoms with Crippen LogP contribution < -0.4 is 5.32 Å². The van der Waals surface area contributed by atoms with Gasteiger partial charge in [-0.15, -0.1) is 11.3 Å². The molecular formula is C18H21BrN2O3S2. The molecule has 0 fully saturated rings. The second-order valence-electron chi connectivity index (χ2n) is 6.52. The second kappa shape index (κ2) is 8.19. The van der Waals surface area contributed by atoms with Gasteiger partial charge in [0, 0.05) is 9.35 Å². The molecule has 8 heteroatoms. The number of benzene rings is 1. The highest BCUT2D eigenvalue weighted by atomic mass is 79.9. The third-order valence-corrected chi connectivity index (χ3v) is 8.08. The van der Waals surface area contributed by atoms with E-state index in [4.69, 9.17) is 0 Å². The first-order valence-corrected chi connectivity index (χ1v) is 11.9. The molecule has 26 heavy (non-hydrogen) atoms. The number of hydrogen-bond acceptors (Lipinski definition) is 5. The number of anilines is 1. The van der Waals surface area contributed by atoms with Gasteiger partial charge in [0.15, 0.2) is 15.0 Å². The van der Waals surface area contributed by atoms with Crippen molar-refractivity contribution >= 4 is 48.1 Å². The van der Waals surface area contributed by atoms with Crippen molar-refractivity contribution in [3.05, 3.63) is 44.9 Å². The third kappa shape index (κ3) is 4.72. The molecular weight excluding hydrogens is 436 g/mol. The van der Waals surface area contributed by atoms with Gasteiger partial charge in [0.05, 0.1) is 11.4 Å². The van der Waals surface area contributed by atoms with Crippen LogP contribution in [0.4, 0.5) is 5.13 Å².